The molecule has 0 bridgehead atoms. The number of morpholine rings is 1. The molecule has 0 aromatic carbocycles. The minimum Gasteiger partial charge on any atom is -0.390 e. The molecule has 3 heteroatoms. The summed E-state index contributed by atoms with van der Waals surface area (Å²) in [5.74, 6) is 0. The second-order valence-electron chi connectivity index (χ2n) is 6.65. The molecular weight excluding hydrogens is 250 g/mol. The molecule has 1 saturated heterocycles. The van der Waals surface area contributed by atoms with Gasteiger partial charge in [0.25, 0.3) is 0 Å². The van der Waals surface area contributed by atoms with E-state index in [0.717, 1.165) is 39.0 Å². The fourth-order valence-electron chi connectivity index (χ4n) is 3.02. The van der Waals surface area contributed by atoms with Crippen molar-refractivity contribution in [3.05, 3.63) is 0 Å². The van der Waals surface area contributed by atoms with E-state index in [1.54, 1.807) is 0 Å². The first-order valence-corrected chi connectivity index (χ1v) is 8.67. The molecule has 1 aliphatic heterocycles. The summed E-state index contributed by atoms with van der Waals surface area (Å²) in [5, 5.41) is 13.9. The minimum absolute atomic E-state index is 0.327. The lowest BCUT2D eigenvalue weighted by atomic mass is 9.90. The van der Waals surface area contributed by atoms with E-state index >= 15 is 0 Å². The van der Waals surface area contributed by atoms with Crippen molar-refractivity contribution in [3.63, 3.8) is 0 Å². The lowest BCUT2D eigenvalue weighted by molar-refractivity contribution is -0.000536. The number of nitrogens with one attached hydrogen (secondary N) is 1. The van der Waals surface area contributed by atoms with E-state index in [1.807, 2.05) is 6.92 Å². The summed E-state index contributed by atoms with van der Waals surface area (Å²) >= 11 is 0. The summed E-state index contributed by atoms with van der Waals surface area (Å²) in [6, 6.07) is 0.327. The number of hydrogen-bond acceptors (Lipinski definition) is 3. The van der Waals surface area contributed by atoms with Crippen molar-refractivity contribution in [2.75, 3.05) is 19.8 Å². The van der Waals surface area contributed by atoms with Crippen molar-refractivity contribution in [3.8, 4) is 0 Å². The number of aliphatic hydroxyl groups is 1. The molecule has 1 fully saturated rings. The van der Waals surface area contributed by atoms with Crippen LogP contribution in [-0.2, 0) is 4.74 Å². The molecule has 0 aliphatic carbocycles. The molecule has 0 amide bonds. The molecular formula is C17H35NO2. The van der Waals surface area contributed by atoms with E-state index in [0.29, 0.717) is 6.04 Å². The molecule has 0 saturated carbocycles. The zero-order valence-corrected chi connectivity index (χ0v) is 13.6. The van der Waals surface area contributed by atoms with E-state index in [2.05, 4.69) is 12.2 Å². The second-order valence-corrected chi connectivity index (χ2v) is 6.65. The summed E-state index contributed by atoms with van der Waals surface area (Å²) in [6.45, 7) is 6.70. The van der Waals surface area contributed by atoms with E-state index in [9.17, 15) is 5.11 Å². The molecule has 2 unspecified atom stereocenters. The van der Waals surface area contributed by atoms with Crippen molar-refractivity contribution in [1.82, 2.24) is 5.32 Å². The quantitative estimate of drug-likeness (QED) is 0.569. The SMILES string of the molecule is CCCCCCCCCCC(C)(O)CC1COCCN1. The third-order valence-corrected chi connectivity index (χ3v) is 4.25. The van der Waals surface area contributed by atoms with Crippen LogP contribution < -0.4 is 5.32 Å². The number of hydrogen-bond donors (Lipinski definition) is 2. The van der Waals surface area contributed by atoms with Gasteiger partial charge in [0.05, 0.1) is 18.8 Å². The Hall–Kier alpha value is -0.120. The van der Waals surface area contributed by atoms with E-state index in [1.165, 1.54) is 44.9 Å². The van der Waals surface area contributed by atoms with Crippen molar-refractivity contribution in [2.45, 2.75) is 89.7 Å². The van der Waals surface area contributed by atoms with Gasteiger partial charge in [-0.1, -0.05) is 58.3 Å². The average molecular weight is 285 g/mol. The smallest absolute Gasteiger partial charge is 0.0635 e. The molecule has 20 heavy (non-hydrogen) atoms. The molecule has 1 heterocycles. The van der Waals surface area contributed by atoms with Crippen LogP contribution in [0, 0.1) is 0 Å². The van der Waals surface area contributed by atoms with E-state index in [-0.39, 0.29) is 0 Å². The normalized spacial score (nSPS) is 22.6. The first kappa shape index (κ1) is 17.9. The summed E-state index contributed by atoms with van der Waals surface area (Å²) in [7, 11) is 0. The topological polar surface area (TPSA) is 41.5 Å². The molecule has 1 rings (SSSR count). The van der Waals surface area contributed by atoms with Gasteiger partial charge in [-0.15, -0.1) is 0 Å². The van der Waals surface area contributed by atoms with Gasteiger partial charge >= 0.3 is 0 Å². The highest BCUT2D eigenvalue weighted by Gasteiger charge is 2.26. The first-order valence-electron chi connectivity index (χ1n) is 8.67. The lowest BCUT2D eigenvalue weighted by Gasteiger charge is -2.31. The average Bonchev–Trinajstić information content (AvgIpc) is 2.42. The lowest BCUT2D eigenvalue weighted by Crippen LogP contribution is -2.45. The van der Waals surface area contributed by atoms with Gasteiger partial charge in [0.1, 0.15) is 0 Å². The van der Waals surface area contributed by atoms with E-state index in [4.69, 9.17) is 4.74 Å². The Morgan fingerprint density at radius 1 is 1.10 bits per heavy atom. The molecule has 0 aromatic rings. The Morgan fingerprint density at radius 3 is 2.35 bits per heavy atom. The highest BCUT2D eigenvalue weighted by molar-refractivity contribution is 4.82. The Bertz CT molecular complexity index is 225. The Balaban J connectivity index is 1.98. The fraction of sp³-hybridized carbons (Fsp3) is 1.00. The van der Waals surface area contributed by atoms with Gasteiger partial charge in [0.2, 0.25) is 0 Å². The van der Waals surface area contributed by atoms with Gasteiger partial charge in [0, 0.05) is 12.6 Å². The predicted molar refractivity (Wildman–Crippen MR) is 85.1 cm³/mol. The number of rotatable bonds is 11. The van der Waals surface area contributed by atoms with Crippen molar-refractivity contribution in [2.24, 2.45) is 0 Å². The number of unbranched alkanes of at least 4 members (excludes halogenated alkanes) is 7. The summed E-state index contributed by atoms with van der Waals surface area (Å²) in [5.41, 5.74) is -0.541. The molecule has 0 spiro atoms. The molecule has 2 N–H and O–H groups in total. The zero-order chi connectivity index (χ0) is 14.7. The Labute approximate surface area is 125 Å². The summed E-state index contributed by atoms with van der Waals surface area (Å²) in [6.07, 6.45) is 12.3. The molecule has 120 valence electrons. The van der Waals surface area contributed by atoms with Gasteiger partial charge in [-0.3, -0.25) is 0 Å². The first-order chi connectivity index (χ1) is 9.64. The van der Waals surface area contributed by atoms with Crippen LogP contribution in [0.2, 0.25) is 0 Å². The van der Waals surface area contributed by atoms with Crippen molar-refractivity contribution in [1.29, 1.82) is 0 Å². The maximum Gasteiger partial charge on any atom is 0.0635 e. The van der Waals surface area contributed by atoms with Gasteiger partial charge < -0.3 is 15.2 Å². The monoisotopic (exact) mass is 285 g/mol. The van der Waals surface area contributed by atoms with Crippen molar-refractivity contribution < 1.29 is 9.84 Å². The summed E-state index contributed by atoms with van der Waals surface area (Å²) in [4.78, 5) is 0. The van der Waals surface area contributed by atoms with Crippen LogP contribution in [0.15, 0.2) is 0 Å². The van der Waals surface area contributed by atoms with E-state index < -0.39 is 5.60 Å². The van der Waals surface area contributed by atoms with Gasteiger partial charge in [-0.2, -0.15) is 0 Å². The third kappa shape index (κ3) is 8.93. The van der Waals surface area contributed by atoms with Crippen LogP contribution in [0.25, 0.3) is 0 Å². The zero-order valence-electron chi connectivity index (χ0n) is 13.6. The predicted octanol–water partition coefficient (Wildman–Crippen LogP) is 3.65. The number of ether oxygens (including phenoxy) is 1. The Morgan fingerprint density at radius 2 is 1.75 bits per heavy atom. The summed E-state index contributed by atoms with van der Waals surface area (Å²) < 4.78 is 5.44. The second kappa shape index (κ2) is 10.6. The van der Waals surface area contributed by atoms with Crippen LogP contribution >= 0.6 is 0 Å². The third-order valence-electron chi connectivity index (χ3n) is 4.25. The molecule has 1 aliphatic rings. The molecule has 2 atom stereocenters. The highest BCUT2D eigenvalue weighted by atomic mass is 16.5. The van der Waals surface area contributed by atoms with Crippen molar-refractivity contribution >= 4 is 0 Å². The molecule has 0 radical (unpaired) electrons. The van der Waals surface area contributed by atoms with Gasteiger partial charge in [0.15, 0.2) is 0 Å². The van der Waals surface area contributed by atoms with Crippen LogP contribution in [0.3, 0.4) is 0 Å². The largest absolute Gasteiger partial charge is 0.390 e. The Kier molecular flexibility index (Phi) is 9.49. The van der Waals surface area contributed by atoms with Gasteiger partial charge in [-0.05, 0) is 19.8 Å². The fourth-order valence-corrected chi connectivity index (χ4v) is 3.02. The van der Waals surface area contributed by atoms with Crippen LogP contribution in [-0.4, -0.2) is 36.5 Å². The standard InChI is InChI=1S/C17H35NO2/c1-3-4-5-6-7-8-9-10-11-17(2,19)14-16-15-20-13-12-18-16/h16,18-19H,3-15H2,1-2H3. The van der Waals surface area contributed by atoms with Crippen LogP contribution in [0.4, 0.5) is 0 Å². The van der Waals surface area contributed by atoms with Crippen LogP contribution in [0.1, 0.15) is 78.1 Å². The van der Waals surface area contributed by atoms with Crippen LogP contribution in [0.5, 0.6) is 0 Å². The maximum atomic E-state index is 10.4. The maximum absolute atomic E-state index is 10.4. The molecule has 0 aromatic heterocycles. The highest BCUT2D eigenvalue weighted by Crippen LogP contribution is 2.22. The minimum atomic E-state index is -0.541. The van der Waals surface area contributed by atoms with Gasteiger partial charge in [-0.25, -0.2) is 0 Å². The molecule has 3 nitrogen and oxygen atoms in total.